The minimum atomic E-state index is -0.334. The molecule has 7 nitrogen and oxygen atoms in total. The van der Waals surface area contributed by atoms with E-state index in [-0.39, 0.29) is 23.0 Å². The first-order chi connectivity index (χ1) is 13.3. The van der Waals surface area contributed by atoms with Crippen molar-refractivity contribution < 1.29 is 9.31 Å². The molecular weight excluding hydrogens is 385 g/mol. The number of hydrogen-bond acceptors (Lipinski definition) is 6. The molecule has 0 atom stereocenters. The van der Waals surface area contributed by atoms with Crippen molar-refractivity contribution in [3.8, 4) is 0 Å². The second kappa shape index (κ2) is 8.53. The predicted octanol–water partition coefficient (Wildman–Crippen LogP) is 3.16. The lowest BCUT2D eigenvalue weighted by Gasteiger charge is -2.38. The maximum atomic E-state index is 13.1. The van der Waals surface area contributed by atoms with Crippen molar-refractivity contribution in [2.45, 2.75) is 13.1 Å². The van der Waals surface area contributed by atoms with Gasteiger partial charge in [-0.05, 0) is 29.3 Å². The molecule has 0 amide bonds. The number of halogens is 2. The van der Waals surface area contributed by atoms with Gasteiger partial charge in [-0.2, -0.15) is 0 Å². The Hall–Kier alpha value is -2.71. The Balaban J connectivity index is 1.79. The molecule has 2 heterocycles. The van der Waals surface area contributed by atoms with Crippen LogP contribution in [0.25, 0.3) is 0 Å². The summed E-state index contributed by atoms with van der Waals surface area (Å²) in [6.45, 7) is 1.69. The number of nitro groups is 1. The molecule has 0 aliphatic carbocycles. The van der Waals surface area contributed by atoms with Gasteiger partial charge in [-0.15, -0.1) is 0 Å². The number of rotatable bonds is 6. The molecule has 0 bridgehead atoms. The quantitative estimate of drug-likeness (QED) is 0.418. The Morgan fingerprint density at radius 3 is 2.54 bits per heavy atom. The molecule has 1 aromatic carbocycles. The van der Waals surface area contributed by atoms with Crippen LogP contribution in [-0.2, 0) is 13.1 Å². The van der Waals surface area contributed by atoms with Crippen LogP contribution < -0.4 is 0 Å². The first-order valence-electron chi connectivity index (χ1n) is 8.70. The van der Waals surface area contributed by atoms with Crippen molar-refractivity contribution in [3.63, 3.8) is 0 Å². The maximum absolute atomic E-state index is 13.1. The van der Waals surface area contributed by atoms with Gasteiger partial charge in [0.1, 0.15) is 11.0 Å². The van der Waals surface area contributed by atoms with E-state index in [4.69, 9.17) is 11.6 Å². The first-order valence-corrected chi connectivity index (χ1v) is 9.08. The van der Waals surface area contributed by atoms with Crippen LogP contribution in [0, 0.1) is 15.9 Å². The zero-order valence-electron chi connectivity index (χ0n) is 15.7. The van der Waals surface area contributed by atoms with Crippen molar-refractivity contribution in [2.75, 3.05) is 27.3 Å². The monoisotopic (exact) mass is 405 g/mol. The van der Waals surface area contributed by atoms with E-state index in [2.05, 4.69) is 4.98 Å². The lowest BCUT2D eigenvalue weighted by Crippen LogP contribution is -2.47. The summed E-state index contributed by atoms with van der Waals surface area (Å²) in [5, 5.41) is 12.1. The lowest BCUT2D eigenvalue weighted by molar-refractivity contribution is -0.433. The molecular formula is C19H21ClFN5O2. The summed E-state index contributed by atoms with van der Waals surface area (Å²) in [7, 11) is 3.64. The fraction of sp³-hybridized carbons (Fsp3) is 0.316. The molecule has 0 saturated carbocycles. The van der Waals surface area contributed by atoms with E-state index in [1.807, 2.05) is 34.9 Å². The Labute approximate surface area is 167 Å². The Kier molecular flexibility index (Phi) is 6.11. The van der Waals surface area contributed by atoms with Gasteiger partial charge in [0, 0.05) is 33.4 Å². The summed E-state index contributed by atoms with van der Waals surface area (Å²) in [4.78, 5) is 21.1. The van der Waals surface area contributed by atoms with Gasteiger partial charge >= 0.3 is 0 Å². The highest BCUT2D eigenvalue weighted by Gasteiger charge is 2.33. The average molecular weight is 406 g/mol. The highest BCUT2D eigenvalue weighted by molar-refractivity contribution is 6.29. The van der Waals surface area contributed by atoms with Crippen LogP contribution in [-0.4, -0.2) is 51.9 Å². The Morgan fingerprint density at radius 1 is 1.25 bits per heavy atom. The smallest absolute Gasteiger partial charge is 0.300 e. The number of nitrogens with zero attached hydrogens (tertiary/aromatic N) is 5. The zero-order valence-corrected chi connectivity index (χ0v) is 16.4. The molecule has 1 aliphatic rings. The number of pyridine rings is 1. The van der Waals surface area contributed by atoms with Gasteiger partial charge in [-0.3, -0.25) is 15.0 Å². The third-order valence-corrected chi connectivity index (χ3v) is 4.74. The molecule has 0 fully saturated rings. The van der Waals surface area contributed by atoms with Crippen LogP contribution in [0.4, 0.5) is 4.39 Å². The normalized spacial score (nSPS) is 15.1. The average Bonchev–Trinajstić information content (AvgIpc) is 2.65. The van der Waals surface area contributed by atoms with E-state index in [1.54, 1.807) is 24.4 Å². The zero-order chi connectivity index (χ0) is 20.3. The van der Waals surface area contributed by atoms with Crippen LogP contribution in [0.2, 0.25) is 5.15 Å². The molecule has 3 rings (SSSR count). The Morgan fingerprint density at radius 2 is 1.93 bits per heavy atom. The van der Waals surface area contributed by atoms with E-state index < -0.39 is 0 Å². The molecule has 148 valence electrons. The predicted molar refractivity (Wildman–Crippen MR) is 104 cm³/mol. The standard InChI is InChI=1S/C19H21ClFN5O2/c1-23(10-15-5-8-18(20)22-9-15)19-17(26(27)28)12-25(13-24(19)2)11-14-3-6-16(21)7-4-14/h3-9H,10-13H2,1-2H3. The van der Waals surface area contributed by atoms with Crippen LogP contribution in [0.1, 0.15) is 11.1 Å². The molecule has 2 aromatic rings. The molecule has 0 saturated heterocycles. The Bertz CT molecular complexity index is 873. The van der Waals surface area contributed by atoms with Crippen molar-refractivity contribution in [1.29, 1.82) is 0 Å². The summed E-state index contributed by atoms with van der Waals surface area (Å²) >= 11 is 5.82. The minimum absolute atomic E-state index is 0.125. The maximum Gasteiger partial charge on any atom is 0.300 e. The third-order valence-electron chi connectivity index (χ3n) is 4.51. The molecule has 1 aromatic heterocycles. The third kappa shape index (κ3) is 4.76. The van der Waals surface area contributed by atoms with E-state index in [1.165, 1.54) is 12.1 Å². The molecule has 1 aliphatic heterocycles. The second-order valence-electron chi connectivity index (χ2n) is 6.83. The number of aromatic nitrogens is 1. The molecule has 9 heteroatoms. The molecule has 0 unspecified atom stereocenters. The van der Waals surface area contributed by atoms with Crippen LogP contribution in [0.15, 0.2) is 54.1 Å². The van der Waals surface area contributed by atoms with Crippen LogP contribution >= 0.6 is 11.6 Å². The summed E-state index contributed by atoms with van der Waals surface area (Å²) in [6.07, 6.45) is 1.66. The summed E-state index contributed by atoms with van der Waals surface area (Å²) in [6, 6.07) is 9.73. The van der Waals surface area contributed by atoms with Crippen LogP contribution in [0.5, 0.6) is 0 Å². The fourth-order valence-corrected chi connectivity index (χ4v) is 3.49. The summed E-state index contributed by atoms with van der Waals surface area (Å²) in [5.74, 6) is 0.265. The van der Waals surface area contributed by atoms with Crippen LogP contribution in [0.3, 0.4) is 0 Å². The van der Waals surface area contributed by atoms with Gasteiger partial charge in [-0.25, -0.2) is 9.37 Å². The minimum Gasteiger partial charge on any atom is -0.351 e. The SMILES string of the molecule is CN(Cc1ccc(Cl)nc1)C1=C([N+](=O)[O-])CN(Cc2ccc(F)cc2)CN1C. The van der Waals surface area contributed by atoms with Gasteiger partial charge in [0.2, 0.25) is 0 Å². The van der Waals surface area contributed by atoms with Crippen molar-refractivity contribution >= 4 is 11.6 Å². The van der Waals surface area contributed by atoms with Gasteiger partial charge in [-0.1, -0.05) is 29.8 Å². The lowest BCUT2D eigenvalue weighted by atomic mass is 10.2. The molecule has 0 spiro atoms. The number of hydrogen-bond donors (Lipinski definition) is 0. The van der Waals surface area contributed by atoms with E-state index >= 15 is 0 Å². The topological polar surface area (TPSA) is 65.8 Å². The summed E-state index contributed by atoms with van der Waals surface area (Å²) < 4.78 is 13.1. The fourth-order valence-electron chi connectivity index (χ4n) is 3.37. The van der Waals surface area contributed by atoms with Gasteiger partial charge in [0.05, 0.1) is 18.1 Å². The molecule has 28 heavy (non-hydrogen) atoms. The molecule has 0 radical (unpaired) electrons. The van der Waals surface area contributed by atoms with E-state index in [0.717, 1.165) is 11.1 Å². The highest BCUT2D eigenvalue weighted by Crippen LogP contribution is 2.23. The highest BCUT2D eigenvalue weighted by atomic mass is 35.5. The number of benzene rings is 1. The van der Waals surface area contributed by atoms with Crippen molar-refractivity contribution in [1.82, 2.24) is 19.7 Å². The van der Waals surface area contributed by atoms with Gasteiger partial charge in [0.15, 0.2) is 5.82 Å². The van der Waals surface area contributed by atoms with E-state index in [9.17, 15) is 14.5 Å². The van der Waals surface area contributed by atoms with Gasteiger partial charge < -0.3 is 9.80 Å². The summed E-state index contributed by atoms with van der Waals surface area (Å²) in [5.41, 5.74) is 1.94. The van der Waals surface area contributed by atoms with E-state index in [0.29, 0.717) is 30.7 Å². The van der Waals surface area contributed by atoms with Crippen molar-refractivity contribution in [2.24, 2.45) is 0 Å². The largest absolute Gasteiger partial charge is 0.351 e. The van der Waals surface area contributed by atoms with Crippen molar-refractivity contribution in [3.05, 3.63) is 86.3 Å². The first kappa shape index (κ1) is 20.0. The second-order valence-corrected chi connectivity index (χ2v) is 7.21. The molecule has 0 N–H and O–H groups in total. The van der Waals surface area contributed by atoms with Gasteiger partial charge in [0.25, 0.3) is 5.70 Å².